The van der Waals surface area contributed by atoms with Gasteiger partial charge in [-0.3, -0.25) is 4.79 Å². The Morgan fingerprint density at radius 3 is 2.38 bits per heavy atom. The van der Waals surface area contributed by atoms with Crippen molar-refractivity contribution in [3.05, 3.63) is 53.6 Å². The van der Waals surface area contributed by atoms with E-state index < -0.39 is 10.0 Å². The first-order valence-corrected chi connectivity index (χ1v) is 11.4. The molecule has 0 N–H and O–H groups in total. The molecule has 0 atom stereocenters. The number of carbonyl (C=O) groups is 1. The van der Waals surface area contributed by atoms with Crippen molar-refractivity contribution in [1.29, 1.82) is 0 Å². The Bertz CT molecular complexity index is 985. The molecule has 3 rings (SSSR count). The molecule has 0 radical (unpaired) electrons. The van der Waals surface area contributed by atoms with Crippen LogP contribution in [0.2, 0.25) is 0 Å². The van der Waals surface area contributed by atoms with Gasteiger partial charge in [-0.25, -0.2) is 8.42 Å². The van der Waals surface area contributed by atoms with Gasteiger partial charge in [0.15, 0.2) is 0 Å². The summed E-state index contributed by atoms with van der Waals surface area (Å²) in [5.41, 5.74) is 3.76. The first kappa shape index (κ1) is 21.3. The van der Waals surface area contributed by atoms with Crippen LogP contribution in [0.4, 0.5) is 11.4 Å². The first-order chi connectivity index (χ1) is 13.7. The second-order valence-electron chi connectivity index (χ2n) is 7.56. The lowest BCUT2D eigenvalue weighted by Gasteiger charge is -2.29. The molecule has 0 saturated heterocycles. The molecule has 1 amide bonds. The third kappa shape index (κ3) is 4.46. The number of fused-ring (bicyclic) bond motifs is 1. The van der Waals surface area contributed by atoms with Crippen LogP contribution < -0.4 is 9.80 Å². The standard InChI is InChI=1S/C22H29N3O3S/c1-5-24(16-18-8-10-20(11-9-18)23(3)4)29(27,28)21-12-13-22-19(15-21)7-6-14-25(22)17(2)26/h8-13,15H,5-7,14,16H2,1-4H3. The summed E-state index contributed by atoms with van der Waals surface area (Å²) in [6.07, 6.45) is 1.62. The minimum Gasteiger partial charge on any atom is -0.378 e. The van der Waals surface area contributed by atoms with Gasteiger partial charge in [-0.05, 0) is 54.3 Å². The lowest BCUT2D eigenvalue weighted by molar-refractivity contribution is -0.116. The van der Waals surface area contributed by atoms with Gasteiger partial charge in [0.05, 0.1) is 4.90 Å². The van der Waals surface area contributed by atoms with E-state index in [1.165, 1.54) is 4.31 Å². The Kier molecular flexibility index (Phi) is 6.29. The van der Waals surface area contributed by atoms with Crippen LogP contribution >= 0.6 is 0 Å². The second kappa shape index (κ2) is 8.55. The third-order valence-electron chi connectivity index (χ3n) is 5.35. The molecule has 0 unspecified atom stereocenters. The SMILES string of the molecule is CCN(Cc1ccc(N(C)C)cc1)S(=O)(=O)c1ccc2c(c1)CCCN2C(C)=O. The van der Waals surface area contributed by atoms with E-state index >= 15 is 0 Å². The summed E-state index contributed by atoms with van der Waals surface area (Å²) in [6.45, 7) is 4.78. The molecule has 6 nitrogen and oxygen atoms in total. The molecule has 156 valence electrons. The molecule has 0 saturated carbocycles. The van der Waals surface area contributed by atoms with Gasteiger partial charge < -0.3 is 9.80 Å². The maximum Gasteiger partial charge on any atom is 0.243 e. The molecule has 2 aromatic carbocycles. The summed E-state index contributed by atoms with van der Waals surface area (Å²) in [4.78, 5) is 15.9. The van der Waals surface area contributed by atoms with Crippen LogP contribution in [-0.2, 0) is 27.8 Å². The monoisotopic (exact) mass is 415 g/mol. The number of sulfonamides is 1. The summed E-state index contributed by atoms with van der Waals surface area (Å²) in [6, 6.07) is 13.0. The molecule has 0 bridgehead atoms. The number of rotatable bonds is 6. The van der Waals surface area contributed by atoms with Gasteiger partial charge in [0.2, 0.25) is 15.9 Å². The lowest BCUT2D eigenvalue weighted by Crippen LogP contribution is -2.34. The highest BCUT2D eigenvalue weighted by Crippen LogP contribution is 2.31. The van der Waals surface area contributed by atoms with Gasteiger partial charge in [-0.1, -0.05) is 19.1 Å². The minimum atomic E-state index is -3.63. The van der Waals surface area contributed by atoms with E-state index in [1.54, 1.807) is 30.0 Å². The van der Waals surface area contributed by atoms with E-state index in [1.807, 2.05) is 50.2 Å². The average Bonchev–Trinajstić information content (AvgIpc) is 2.71. The van der Waals surface area contributed by atoms with Gasteiger partial charge >= 0.3 is 0 Å². The summed E-state index contributed by atoms with van der Waals surface area (Å²) in [5.74, 6) is -0.0158. The van der Waals surface area contributed by atoms with Crippen molar-refractivity contribution in [2.24, 2.45) is 0 Å². The van der Waals surface area contributed by atoms with Gasteiger partial charge in [0, 0.05) is 52.0 Å². The number of benzene rings is 2. The van der Waals surface area contributed by atoms with Crippen LogP contribution in [0.1, 0.15) is 31.4 Å². The number of carbonyl (C=O) groups excluding carboxylic acids is 1. The predicted octanol–water partition coefficient (Wildman–Crippen LogP) is 3.26. The summed E-state index contributed by atoms with van der Waals surface area (Å²) in [7, 11) is 0.319. The van der Waals surface area contributed by atoms with Gasteiger partial charge in [0.25, 0.3) is 0 Å². The molecule has 0 aromatic heterocycles. The van der Waals surface area contributed by atoms with Crippen LogP contribution in [0.5, 0.6) is 0 Å². The molecular formula is C22H29N3O3S. The highest BCUT2D eigenvalue weighted by molar-refractivity contribution is 7.89. The topological polar surface area (TPSA) is 60.9 Å². The molecular weight excluding hydrogens is 386 g/mol. The van der Waals surface area contributed by atoms with Crippen LogP contribution in [0.25, 0.3) is 0 Å². The molecule has 2 aromatic rings. The summed E-state index contributed by atoms with van der Waals surface area (Å²) < 4.78 is 28.1. The first-order valence-electron chi connectivity index (χ1n) is 9.91. The number of hydrogen-bond acceptors (Lipinski definition) is 4. The Hall–Kier alpha value is -2.38. The molecule has 0 aliphatic carbocycles. The zero-order valence-electron chi connectivity index (χ0n) is 17.6. The number of hydrogen-bond donors (Lipinski definition) is 0. The van der Waals surface area contributed by atoms with Crippen molar-refractivity contribution in [3.8, 4) is 0 Å². The Labute approximate surface area is 173 Å². The fraction of sp³-hybridized carbons (Fsp3) is 0.409. The number of nitrogens with zero attached hydrogens (tertiary/aromatic N) is 3. The smallest absolute Gasteiger partial charge is 0.243 e. The molecule has 1 aliphatic rings. The van der Waals surface area contributed by atoms with Crippen molar-refractivity contribution in [2.45, 2.75) is 38.1 Å². The zero-order valence-corrected chi connectivity index (χ0v) is 18.4. The maximum absolute atomic E-state index is 13.3. The number of amides is 1. The quantitative estimate of drug-likeness (QED) is 0.727. The van der Waals surface area contributed by atoms with E-state index in [4.69, 9.17) is 0 Å². The van der Waals surface area contributed by atoms with Crippen molar-refractivity contribution in [1.82, 2.24) is 4.31 Å². The van der Waals surface area contributed by atoms with Crippen molar-refractivity contribution in [2.75, 3.05) is 37.0 Å². The zero-order chi connectivity index (χ0) is 21.2. The average molecular weight is 416 g/mol. The van der Waals surface area contributed by atoms with E-state index in [-0.39, 0.29) is 10.8 Å². The van der Waals surface area contributed by atoms with E-state index in [9.17, 15) is 13.2 Å². The Balaban J connectivity index is 1.87. The fourth-order valence-corrected chi connectivity index (χ4v) is 5.17. The number of anilines is 2. The van der Waals surface area contributed by atoms with Crippen LogP contribution in [0.3, 0.4) is 0 Å². The van der Waals surface area contributed by atoms with E-state index in [2.05, 4.69) is 0 Å². The predicted molar refractivity (Wildman–Crippen MR) is 117 cm³/mol. The largest absolute Gasteiger partial charge is 0.378 e. The van der Waals surface area contributed by atoms with Gasteiger partial charge in [-0.2, -0.15) is 4.31 Å². The van der Waals surface area contributed by atoms with Crippen molar-refractivity contribution >= 4 is 27.3 Å². The molecule has 1 aliphatic heterocycles. The molecule has 29 heavy (non-hydrogen) atoms. The Morgan fingerprint density at radius 1 is 1.10 bits per heavy atom. The van der Waals surface area contributed by atoms with Gasteiger partial charge in [-0.15, -0.1) is 0 Å². The van der Waals surface area contributed by atoms with Crippen molar-refractivity contribution in [3.63, 3.8) is 0 Å². The molecule has 7 heteroatoms. The minimum absolute atomic E-state index is 0.0158. The normalized spacial score (nSPS) is 14.0. The molecule has 0 spiro atoms. The van der Waals surface area contributed by atoms with Crippen LogP contribution in [-0.4, -0.2) is 45.8 Å². The Morgan fingerprint density at radius 2 is 1.79 bits per heavy atom. The maximum atomic E-state index is 13.3. The summed E-state index contributed by atoms with van der Waals surface area (Å²) >= 11 is 0. The van der Waals surface area contributed by atoms with Crippen LogP contribution in [0.15, 0.2) is 47.4 Å². The van der Waals surface area contributed by atoms with E-state index in [0.717, 1.165) is 35.3 Å². The second-order valence-corrected chi connectivity index (χ2v) is 9.49. The van der Waals surface area contributed by atoms with Crippen molar-refractivity contribution < 1.29 is 13.2 Å². The third-order valence-corrected chi connectivity index (χ3v) is 7.27. The lowest BCUT2D eigenvalue weighted by atomic mass is 10.0. The fourth-order valence-electron chi connectivity index (χ4n) is 3.68. The molecule has 0 fully saturated rings. The highest BCUT2D eigenvalue weighted by Gasteiger charge is 2.27. The highest BCUT2D eigenvalue weighted by atomic mass is 32.2. The van der Waals surface area contributed by atoms with Crippen LogP contribution in [0, 0.1) is 0 Å². The number of aryl methyl sites for hydroxylation is 1. The van der Waals surface area contributed by atoms with E-state index in [0.29, 0.717) is 19.6 Å². The van der Waals surface area contributed by atoms with Gasteiger partial charge in [0.1, 0.15) is 0 Å². The molecule has 1 heterocycles. The summed E-state index contributed by atoms with van der Waals surface area (Å²) in [5, 5.41) is 0.